The summed E-state index contributed by atoms with van der Waals surface area (Å²) in [6.45, 7) is 18.9. The maximum absolute atomic E-state index is 12.5. The van der Waals surface area contributed by atoms with Gasteiger partial charge in [0.25, 0.3) is 0 Å². The Labute approximate surface area is 202 Å². The smallest absolute Gasteiger partial charge is 0.225 e. The summed E-state index contributed by atoms with van der Waals surface area (Å²) in [7, 11) is 3.86. The van der Waals surface area contributed by atoms with Crippen LogP contribution in [0.1, 0.15) is 139 Å². The van der Waals surface area contributed by atoms with Gasteiger partial charge in [-0.1, -0.05) is 94.4 Å². The molecule has 1 saturated carbocycles. The van der Waals surface area contributed by atoms with Gasteiger partial charge in [0, 0.05) is 38.5 Å². The lowest BCUT2D eigenvalue weighted by Crippen LogP contribution is -2.48. The highest BCUT2D eigenvalue weighted by Crippen LogP contribution is 2.27. The van der Waals surface area contributed by atoms with Crippen LogP contribution < -0.4 is 0 Å². The molecule has 0 heterocycles. The lowest BCUT2D eigenvalue weighted by atomic mass is 9.88. The summed E-state index contributed by atoms with van der Waals surface area (Å²) in [5.74, 6) is 0.603. The van der Waals surface area contributed by atoms with E-state index in [1.807, 2.05) is 51.6 Å². The van der Waals surface area contributed by atoms with E-state index in [9.17, 15) is 9.59 Å². The van der Waals surface area contributed by atoms with Gasteiger partial charge in [-0.3, -0.25) is 9.59 Å². The summed E-state index contributed by atoms with van der Waals surface area (Å²) >= 11 is 0. The molecule has 4 heteroatoms. The van der Waals surface area contributed by atoms with Crippen molar-refractivity contribution in [2.24, 2.45) is 5.92 Å². The van der Waals surface area contributed by atoms with Gasteiger partial charge >= 0.3 is 0 Å². The summed E-state index contributed by atoms with van der Waals surface area (Å²) in [5, 5.41) is 0. The molecule has 3 atom stereocenters. The zero-order valence-corrected chi connectivity index (χ0v) is 23.9. The molecule has 1 aliphatic rings. The lowest BCUT2D eigenvalue weighted by Gasteiger charge is -2.40. The number of hydrogen-bond donors (Lipinski definition) is 0. The molecular weight excluding hydrogens is 396 g/mol. The largest absolute Gasteiger partial charge is 0.343 e. The van der Waals surface area contributed by atoms with Crippen molar-refractivity contribution in [1.82, 2.24) is 9.80 Å². The molecule has 0 aromatic carbocycles. The number of hydrogen-bond acceptors (Lipinski definition) is 2. The van der Waals surface area contributed by atoms with Crippen LogP contribution >= 0.6 is 0 Å². The molecule has 0 N–H and O–H groups in total. The van der Waals surface area contributed by atoms with E-state index in [0.717, 1.165) is 44.9 Å². The zero-order valence-electron chi connectivity index (χ0n) is 23.9. The van der Waals surface area contributed by atoms with Gasteiger partial charge in [-0.25, -0.2) is 0 Å². The molecule has 0 bridgehead atoms. The quantitative estimate of drug-likeness (QED) is 0.352. The van der Waals surface area contributed by atoms with Crippen LogP contribution in [0, 0.1) is 5.92 Å². The van der Waals surface area contributed by atoms with E-state index < -0.39 is 0 Å². The van der Waals surface area contributed by atoms with Crippen LogP contribution in [0.15, 0.2) is 0 Å². The third-order valence-corrected chi connectivity index (χ3v) is 6.06. The molecule has 0 aliphatic heterocycles. The van der Waals surface area contributed by atoms with E-state index in [2.05, 4.69) is 34.6 Å². The number of carbonyl (C=O) groups is 2. The first-order valence-corrected chi connectivity index (χ1v) is 13.8. The summed E-state index contributed by atoms with van der Waals surface area (Å²) in [6, 6.07) is 0.567. The zero-order chi connectivity index (χ0) is 25.5. The standard InChI is InChI=1S/C18H34N2O2.2C4H10.C2H6/c1-6-9-14(3)18(22)20(5)16-12-8-11-15(13-16)19(4)17(21)10-7-2;2*1-3-4-2;1-2/h14-16H,6-13H2,1-5H3;2*3-4H2,1-2H3;1-2H3. The molecule has 0 aromatic heterocycles. The molecule has 1 fully saturated rings. The molecule has 3 unspecified atom stereocenters. The maximum Gasteiger partial charge on any atom is 0.225 e. The van der Waals surface area contributed by atoms with Gasteiger partial charge in [0.05, 0.1) is 0 Å². The fraction of sp³-hybridized carbons (Fsp3) is 0.929. The molecular formula is C28H60N2O2. The summed E-state index contributed by atoms with van der Waals surface area (Å²) in [5.41, 5.74) is 0. The summed E-state index contributed by atoms with van der Waals surface area (Å²) < 4.78 is 0. The first kappa shape index (κ1) is 35.5. The Bertz CT molecular complexity index is 418. The van der Waals surface area contributed by atoms with Crippen LogP contribution in [-0.2, 0) is 9.59 Å². The number of rotatable bonds is 9. The Morgan fingerprint density at radius 3 is 1.56 bits per heavy atom. The number of amides is 2. The highest BCUT2D eigenvalue weighted by atomic mass is 16.2. The highest BCUT2D eigenvalue weighted by molar-refractivity contribution is 5.78. The Balaban J connectivity index is -0.000000710. The fourth-order valence-electron chi connectivity index (χ4n) is 3.52. The van der Waals surface area contributed by atoms with E-state index in [1.54, 1.807) is 0 Å². The highest BCUT2D eigenvalue weighted by Gasteiger charge is 2.31. The molecule has 0 spiro atoms. The van der Waals surface area contributed by atoms with Gasteiger partial charge in [0.2, 0.25) is 11.8 Å². The second kappa shape index (κ2) is 24.6. The van der Waals surface area contributed by atoms with Gasteiger partial charge in [0.15, 0.2) is 0 Å². The molecule has 194 valence electrons. The van der Waals surface area contributed by atoms with Gasteiger partial charge in [0.1, 0.15) is 0 Å². The minimum Gasteiger partial charge on any atom is -0.343 e. The molecule has 2 amide bonds. The first-order chi connectivity index (χ1) is 15.2. The van der Waals surface area contributed by atoms with E-state index in [1.165, 1.54) is 25.7 Å². The molecule has 32 heavy (non-hydrogen) atoms. The summed E-state index contributed by atoms with van der Waals surface area (Å²) in [4.78, 5) is 28.5. The predicted molar refractivity (Wildman–Crippen MR) is 143 cm³/mol. The topological polar surface area (TPSA) is 40.6 Å². The van der Waals surface area contributed by atoms with Crippen molar-refractivity contribution in [2.45, 2.75) is 151 Å². The minimum atomic E-state index is 0.106. The number of unbranched alkanes of at least 4 members (excludes halogenated alkanes) is 2. The van der Waals surface area contributed by atoms with Gasteiger partial charge in [-0.05, 0) is 38.5 Å². The van der Waals surface area contributed by atoms with Crippen LogP contribution in [0.4, 0.5) is 0 Å². The van der Waals surface area contributed by atoms with Crippen molar-refractivity contribution in [1.29, 1.82) is 0 Å². The Kier molecular flexibility index (Phi) is 27.3. The normalized spacial score (nSPS) is 17.8. The van der Waals surface area contributed by atoms with E-state index >= 15 is 0 Å². The van der Waals surface area contributed by atoms with Gasteiger partial charge in [-0.15, -0.1) is 0 Å². The monoisotopic (exact) mass is 456 g/mol. The molecule has 0 radical (unpaired) electrons. The van der Waals surface area contributed by atoms with Crippen molar-refractivity contribution in [3.63, 3.8) is 0 Å². The Morgan fingerprint density at radius 2 is 1.19 bits per heavy atom. The third-order valence-electron chi connectivity index (χ3n) is 6.06. The van der Waals surface area contributed by atoms with Crippen LogP contribution in [0.3, 0.4) is 0 Å². The fourth-order valence-corrected chi connectivity index (χ4v) is 3.52. The predicted octanol–water partition coefficient (Wildman–Crippen LogP) is 8.09. The average molecular weight is 457 g/mol. The van der Waals surface area contributed by atoms with Crippen LogP contribution in [0.25, 0.3) is 0 Å². The minimum absolute atomic E-state index is 0.106. The van der Waals surface area contributed by atoms with E-state index in [4.69, 9.17) is 0 Å². The summed E-state index contributed by atoms with van der Waals surface area (Å²) in [6.07, 6.45) is 12.9. The first-order valence-electron chi connectivity index (χ1n) is 13.8. The van der Waals surface area contributed by atoms with Crippen molar-refractivity contribution >= 4 is 11.8 Å². The lowest BCUT2D eigenvalue weighted by molar-refractivity contribution is -0.137. The van der Waals surface area contributed by atoms with Crippen LogP contribution in [0.2, 0.25) is 0 Å². The Hall–Kier alpha value is -1.06. The van der Waals surface area contributed by atoms with Crippen LogP contribution in [-0.4, -0.2) is 47.8 Å². The molecule has 1 aliphatic carbocycles. The average Bonchev–Trinajstić information content (AvgIpc) is 2.84. The van der Waals surface area contributed by atoms with Crippen molar-refractivity contribution < 1.29 is 9.59 Å². The molecule has 4 nitrogen and oxygen atoms in total. The van der Waals surface area contributed by atoms with Crippen molar-refractivity contribution in [2.75, 3.05) is 14.1 Å². The number of carbonyl (C=O) groups excluding carboxylic acids is 2. The molecule has 1 rings (SSSR count). The number of nitrogens with zero attached hydrogens (tertiary/aromatic N) is 2. The van der Waals surface area contributed by atoms with Crippen molar-refractivity contribution in [3.8, 4) is 0 Å². The Morgan fingerprint density at radius 1 is 0.750 bits per heavy atom. The van der Waals surface area contributed by atoms with E-state index in [0.29, 0.717) is 6.42 Å². The van der Waals surface area contributed by atoms with Crippen LogP contribution in [0.5, 0.6) is 0 Å². The molecule has 0 saturated heterocycles. The van der Waals surface area contributed by atoms with Gasteiger partial charge < -0.3 is 9.80 Å². The maximum atomic E-state index is 12.5. The van der Waals surface area contributed by atoms with E-state index in [-0.39, 0.29) is 29.8 Å². The van der Waals surface area contributed by atoms with Gasteiger partial charge in [-0.2, -0.15) is 0 Å². The SMILES string of the molecule is CC.CCCC.CCCC.CCCC(=O)N(C)C1CCCC(N(C)C(=O)C(C)CCC)C1. The molecule has 0 aromatic rings. The van der Waals surface area contributed by atoms with Crippen molar-refractivity contribution in [3.05, 3.63) is 0 Å². The second-order valence-electron chi connectivity index (χ2n) is 8.87. The third kappa shape index (κ3) is 16.6. The second-order valence-corrected chi connectivity index (χ2v) is 8.87.